The van der Waals surface area contributed by atoms with E-state index in [1.54, 1.807) is 17.9 Å². The van der Waals surface area contributed by atoms with E-state index >= 15 is 0 Å². The molecule has 0 aromatic heterocycles. The van der Waals surface area contributed by atoms with E-state index < -0.39 is 12.1 Å². The van der Waals surface area contributed by atoms with Gasteiger partial charge in [0.05, 0.1) is 10.6 Å². The van der Waals surface area contributed by atoms with Gasteiger partial charge in [-0.15, -0.1) is 0 Å². The number of ether oxygens (including phenoxy) is 1. The number of anilines is 1. The molecule has 1 atom stereocenters. The summed E-state index contributed by atoms with van der Waals surface area (Å²) >= 11 is 11.9. The number of hydrogen-bond donors (Lipinski definition) is 0. The van der Waals surface area contributed by atoms with Crippen LogP contribution < -0.4 is 4.90 Å². The van der Waals surface area contributed by atoms with Crippen LogP contribution in [-0.4, -0.2) is 49.1 Å². The minimum absolute atomic E-state index is 0.189. The second-order valence-electron chi connectivity index (χ2n) is 6.32. The Labute approximate surface area is 168 Å². The summed E-state index contributed by atoms with van der Waals surface area (Å²) in [4.78, 5) is 28.9. The highest BCUT2D eigenvalue weighted by molar-refractivity contribution is 6.36. The fourth-order valence-electron chi connectivity index (χ4n) is 3.01. The molecule has 1 heterocycles. The van der Waals surface area contributed by atoms with Crippen LogP contribution in [0.15, 0.2) is 48.5 Å². The summed E-state index contributed by atoms with van der Waals surface area (Å²) in [6, 6.07) is 14.6. The van der Waals surface area contributed by atoms with E-state index in [4.69, 9.17) is 27.9 Å². The number of piperazine rings is 1. The Kier molecular flexibility index (Phi) is 6.24. The van der Waals surface area contributed by atoms with E-state index in [9.17, 15) is 9.59 Å². The quantitative estimate of drug-likeness (QED) is 0.722. The van der Waals surface area contributed by atoms with Gasteiger partial charge in [0, 0.05) is 36.9 Å². The molecule has 1 aliphatic heterocycles. The number of amides is 1. The SMILES string of the molecule is C[C@H](OC(=O)c1ccc(Cl)cc1Cl)C(=O)N1CCN(c2ccccc2)CC1. The third kappa shape index (κ3) is 4.73. The largest absolute Gasteiger partial charge is 0.449 e. The molecule has 0 N–H and O–H groups in total. The Morgan fingerprint density at radius 2 is 1.67 bits per heavy atom. The Morgan fingerprint density at radius 1 is 1.00 bits per heavy atom. The Bertz CT molecular complexity index is 821. The summed E-state index contributed by atoms with van der Waals surface area (Å²) in [7, 11) is 0. The van der Waals surface area contributed by atoms with Gasteiger partial charge in [-0.05, 0) is 37.3 Å². The number of benzene rings is 2. The second kappa shape index (κ2) is 8.63. The van der Waals surface area contributed by atoms with Crippen molar-refractivity contribution in [1.29, 1.82) is 0 Å². The highest BCUT2D eigenvalue weighted by atomic mass is 35.5. The van der Waals surface area contributed by atoms with Gasteiger partial charge in [-0.2, -0.15) is 0 Å². The van der Waals surface area contributed by atoms with Gasteiger partial charge in [-0.25, -0.2) is 4.79 Å². The summed E-state index contributed by atoms with van der Waals surface area (Å²) in [5.41, 5.74) is 1.33. The van der Waals surface area contributed by atoms with Gasteiger partial charge in [0.2, 0.25) is 0 Å². The summed E-state index contributed by atoms with van der Waals surface area (Å²) in [6.45, 7) is 4.21. The molecule has 0 bridgehead atoms. The molecule has 0 spiro atoms. The van der Waals surface area contributed by atoms with Crippen LogP contribution in [0, 0.1) is 0 Å². The summed E-state index contributed by atoms with van der Waals surface area (Å²) < 4.78 is 5.31. The maximum Gasteiger partial charge on any atom is 0.340 e. The molecule has 7 heteroatoms. The molecular formula is C20H20Cl2N2O3. The molecule has 1 aliphatic rings. The van der Waals surface area contributed by atoms with Crippen molar-refractivity contribution in [3.8, 4) is 0 Å². The molecule has 3 rings (SSSR count). The maximum atomic E-state index is 12.6. The molecule has 2 aromatic carbocycles. The van der Waals surface area contributed by atoms with Crippen molar-refractivity contribution >= 4 is 40.8 Å². The van der Waals surface area contributed by atoms with Crippen LogP contribution in [-0.2, 0) is 9.53 Å². The molecule has 0 aliphatic carbocycles. The van der Waals surface area contributed by atoms with Gasteiger partial charge in [-0.3, -0.25) is 4.79 Å². The molecule has 0 unspecified atom stereocenters. The number of carbonyl (C=O) groups is 2. The van der Waals surface area contributed by atoms with Crippen LogP contribution in [0.2, 0.25) is 10.0 Å². The molecular weight excluding hydrogens is 387 g/mol. The van der Waals surface area contributed by atoms with E-state index in [0.717, 1.165) is 18.8 Å². The second-order valence-corrected chi connectivity index (χ2v) is 7.16. The molecule has 1 saturated heterocycles. The van der Waals surface area contributed by atoms with Crippen LogP contribution in [0.5, 0.6) is 0 Å². The van der Waals surface area contributed by atoms with E-state index in [-0.39, 0.29) is 16.5 Å². The van der Waals surface area contributed by atoms with Crippen LogP contribution in [0.25, 0.3) is 0 Å². The average Bonchev–Trinajstić information content (AvgIpc) is 2.68. The number of hydrogen-bond acceptors (Lipinski definition) is 4. The molecule has 0 radical (unpaired) electrons. The zero-order valence-corrected chi connectivity index (χ0v) is 16.4. The zero-order chi connectivity index (χ0) is 19.4. The number of rotatable bonds is 4. The van der Waals surface area contributed by atoms with E-state index in [0.29, 0.717) is 18.1 Å². The van der Waals surface area contributed by atoms with Crippen molar-refractivity contribution in [3.05, 3.63) is 64.1 Å². The summed E-state index contributed by atoms with van der Waals surface area (Å²) in [6.07, 6.45) is -0.882. The first-order valence-electron chi connectivity index (χ1n) is 8.70. The zero-order valence-electron chi connectivity index (χ0n) is 14.9. The van der Waals surface area contributed by atoms with Gasteiger partial charge >= 0.3 is 5.97 Å². The van der Waals surface area contributed by atoms with Crippen molar-refractivity contribution in [2.45, 2.75) is 13.0 Å². The first kappa shape index (κ1) is 19.5. The van der Waals surface area contributed by atoms with Crippen LogP contribution in [0.1, 0.15) is 17.3 Å². The molecule has 1 amide bonds. The summed E-state index contributed by atoms with van der Waals surface area (Å²) in [5, 5.41) is 0.626. The van der Waals surface area contributed by atoms with Crippen LogP contribution >= 0.6 is 23.2 Å². The minimum Gasteiger partial charge on any atom is -0.449 e. The van der Waals surface area contributed by atoms with E-state index in [1.165, 1.54) is 12.1 Å². The molecule has 27 heavy (non-hydrogen) atoms. The predicted octanol–water partition coefficient (Wildman–Crippen LogP) is 3.89. The molecule has 2 aromatic rings. The highest BCUT2D eigenvalue weighted by Gasteiger charge is 2.28. The van der Waals surface area contributed by atoms with Gasteiger partial charge in [0.1, 0.15) is 0 Å². The number of halogens is 2. The maximum absolute atomic E-state index is 12.6. The molecule has 1 fully saturated rings. The molecule has 5 nitrogen and oxygen atoms in total. The van der Waals surface area contributed by atoms with Crippen molar-refractivity contribution in [2.24, 2.45) is 0 Å². The van der Waals surface area contributed by atoms with Gasteiger partial charge in [0.15, 0.2) is 6.10 Å². The lowest BCUT2D eigenvalue weighted by Gasteiger charge is -2.37. The fraction of sp³-hybridized carbons (Fsp3) is 0.300. The lowest BCUT2D eigenvalue weighted by Crippen LogP contribution is -2.51. The smallest absolute Gasteiger partial charge is 0.340 e. The number of nitrogens with zero attached hydrogens (tertiary/aromatic N) is 2. The standard InChI is InChI=1S/C20H20Cl2N2O3/c1-14(27-20(26)17-8-7-15(21)13-18(17)22)19(25)24-11-9-23(10-12-24)16-5-3-2-4-6-16/h2-8,13-14H,9-12H2,1H3/t14-/m0/s1. The van der Waals surface area contributed by atoms with Crippen LogP contribution in [0.3, 0.4) is 0 Å². The fourth-order valence-corrected chi connectivity index (χ4v) is 3.50. The molecule has 0 saturated carbocycles. The first-order valence-corrected chi connectivity index (χ1v) is 9.46. The monoisotopic (exact) mass is 406 g/mol. The average molecular weight is 407 g/mol. The number of para-hydroxylation sites is 1. The van der Waals surface area contributed by atoms with E-state index in [2.05, 4.69) is 17.0 Å². The Balaban J connectivity index is 1.55. The first-order chi connectivity index (χ1) is 13.0. The number of esters is 1. The predicted molar refractivity (Wildman–Crippen MR) is 107 cm³/mol. The lowest BCUT2D eigenvalue weighted by molar-refractivity contribution is -0.140. The lowest BCUT2D eigenvalue weighted by atomic mass is 10.2. The van der Waals surface area contributed by atoms with Crippen LogP contribution in [0.4, 0.5) is 5.69 Å². The van der Waals surface area contributed by atoms with Gasteiger partial charge in [-0.1, -0.05) is 41.4 Å². The summed E-state index contributed by atoms with van der Waals surface area (Å²) in [5.74, 6) is -0.846. The van der Waals surface area contributed by atoms with Gasteiger partial charge < -0.3 is 14.5 Å². The molecule has 142 valence electrons. The number of carbonyl (C=O) groups excluding carboxylic acids is 2. The normalized spacial score (nSPS) is 15.4. The third-order valence-electron chi connectivity index (χ3n) is 4.50. The van der Waals surface area contributed by atoms with Gasteiger partial charge in [0.25, 0.3) is 5.91 Å². The minimum atomic E-state index is -0.882. The Hall–Kier alpha value is -2.24. The van der Waals surface area contributed by atoms with E-state index in [1.807, 2.05) is 18.2 Å². The van der Waals surface area contributed by atoms with Crippen molar-refractivity contribution < 1.29 is 14.3 Å². The van der Waals surface area contributed by atoms with Crippen molar-refractivity contribution in [1.82, 2.24) is 4.90 Å². The van der Waals surface area contributed by atoms with Crippen molar-refractivity contribution in [2.75, 3.05) is 31.1 Å². The third-order valence-corrected chi connectivity index (χ3v) is 5.04. The highest BCUT2D eigenvalue weighted by Crippen LogP contribution is 2.22. The topological polar surface area (TPSA) is 49.9 Å². The Morgan fingerprint density at radius 3 is 2.30 bits per heavy atom. The van der Waals surface area contributed by atoms with Crippen molar-refractivity contribution in [3.63, 3.8) is 0 Å².